The molecule has 0 saturated heterocycles. The van der Waals surface area contributed by atoms with Gasteiger partial charge in [0.25, 0.3) is 11.9 Å². The van der Waals surface area contributed by atoms with Crippen molar-refractivity contribution in [2.24, 2.45) is 34.6 Å². The number of aromatic nitrogens is 11. The molecule has 0 spiro atoms. The highest BCUT2D eigenvalue weighted by Crippen LogP contribution is 2.35. The Kier molecular flexibility index (Phi) is 11.6. The molecule has 53 heavy (non-hydrogen) atoms. The molecule has 5 rings (SSSR count). The fourth-order valence-corrected chi connectivity index (χ4v) is 5.11. The highest BCUT2D eigenvalue weighted by molar-refractivity contribution is 5.94. The first kappa shape index (κ1) is 37.8. The van der Waals surface area contributed by atoms with Crippen molar-refractivity contribution in [2.45, 2.75) is 72.1 Å². The van der Waals surface area contributed by atoms with Gasteiger partial charge in [0, 0.05) is 20.0 Å². The molecule has 280 valence electrons. The number of nitrogens with zero attached hydrogens (tertiary/aromatic N) is 15. The Morgan fingerprint density at radius 2 is 1.13 bits per heavy atom. The van der Waals surface area contributed by atoms with Crippen LogP contribution in [-0.4, -0.2) is 80.2 Å². The van der Waals surface area contributed by atoms with Gasteiger partial charge in [0.05, 0.1) is 38.0 Å². The Balaban J connectivity index is 1.63. The summed E-state index contributed by atoms with van der Waals surface area (Å²) in [7, 11) is 5.80. The van der Waals surface area contributed by atoms with E-state index < -0.39 is 11.9 Å². The average Bonchev–Trinajstić information content (AvgIpc) is 3.89. The molecule has 0 aromatic carbocycles. The lowest BCUT2D eigenvalue weighted by atomic mass is 10.2. The van der Waals surface area contributed by atoms with Crippen molar-refractivity contribution in [1.82, 2.24) is 54.1 Å². The fraction of sp³-hybridized carbons (Fsp3) is 0.469. The smallest absolute Gasteiger partial charge is 0.343 e. The van der Waals surface area contributed by atoms with Crippen LogP contribution in [0.25, 0.3) is 11.9 Å². The molecule has 0 amide bonds. The first-order chi connectivity index (χ1) is 25.4. The predicted octanol–water partition coefficient (Wildman–Crippen LogP) is 5.09. The highest BCUT2D eigenvalue weighted by Gasteiger charge is 2.25. The van der Waals surface area contributed by atoms with E-state index in [0.717, 1.165) is 25.7 Å². The van der Waals surface area contributed by atoms with Crippen LogP contribution >= 0.6 is 0 Å². The van der Waals surface area contributed by atoms with Gasteiger partial charge in [-0.3, -0.25) is 0 Å². The van der Waals surface area contributed by atoms with Gasteiger partial charge >= 0.3 is 11.9 Å². The first-order valence-corrected chi connectivity index (χ1v) is 17.0. The summed E-state index contributed by atoms with van der Waals surface area (Å²) in [5.74, 6) is -0.175. The minimum absolute atomic E-state index is 0.0944. The normalized spacial score (nSPS) is 11.8. The van der Waals surface area contributed by atoms with E-state index in [2.05, 4.69) is 44.5 Å². The second kappa shape index (κ2) is 16.3. The number of hydrogen-bond acceptors (Lipinski definition) is 17. The number of methoxy groups -OCH3 is 2. The van der Waals surface area contributed by atoms with Crippen molar-refractivity contribution in [3.63, 3.8) is 0 Å². The Morgan fingerprint density at radius 1 is 0.717 bits per heavy atom. The van der Waals surface area contributed by atoms with Crippen LogP contribution in [0.4, 0.5) is 34.6 Å². The number of unbranched alkanes of at least 4 members (excludes halogenated alkanes) is 2. The predicted molar refractivity (Wildman–Crippen MR) is 192 cm³/mol. The number of esters is 2. The summed E-state index contributed by atoms with van der Waals surface area (Å²) in [6.45, 7) is 7.97. The van der Waals surface area contributed by atoms with Crippen LogP contribution in [-0.2, 0) is 36.4 Å². The van der Waals surface area contributed by atoms with Crippen LogP contribution in [0.5, 0.6) is 0 Å². The number of hydrogen-bond donors (Lipinski definition) is 2. The maximum absolute atomic E-state index is 12.3. The summed E-state index contributed by atoms with van der Waals surface area (Å²) in [6, 6.07) is 0. The Hall–Kier alpha value is -6.41. The lowest BCUT2D eigenvalue weighted by Crippen LogP contribution is -2.16. The van der Waals surface area contributed by atoms with Gasteiger partial charge in [-0.2, -0.15) is 44.7 Å². The zero-order chi connectivity index (χ0) is 38.4. The van der Waals surface area contributed by atoms with Gasteiger partial charge in [-0.1, -0.05) is 40.5 Å². The van der Waals surface area contributed by atoms with Crippen LogP contribution in [0.15, 0.2) is 32.9 Å². The molecule has 21 heteroatoms. The number of rotatable bonds is 15. The molecule has 4 N–H and O–H groups in total. The van der Waals surface area contributed by atoms with Crippen molar-refractivity contribution in [3.8, 4) is 11.9 Å². The molecule has 21 nitrogen and oxygen atoms in total. The van der Waals surface area contributed by atoms with E-state index >= 15 is 0 Å². The number of ether oxygens (including phenoxy) is 2. The summed E-state index contributed by atoms with van der Waals surface area (Å²) < 4.78 is 15.3. The molecule has 0 bridgehead atoms. The van der Waals surface area contributed by atoms with Crippen LogP contribution in [0.3, 0.4) is 0 Å². The summed E-state index contributed by atoms with van der Waals surface area (Å²) >= 11 is 0. The Morgan fingerprint density at radius 3 is 1.49 bits per heavy atom. The van der Waals surface area contributed by atoms with Gasteiger partial charge in [-0.15, -0.1) is 20.5 Å². The van der Waals surface area contributed by atoms with Crippen molar-refractivity contribution < 1.29 is 19.1 Å². The lowest BCUT2D eigenvalue weighted by molar-refractivity contribution is 0.0592. The monoisotopic (exact) mass is 729 g/mol. The number of carbonyl (C=O) groups is 2. The summed E-state index contributed by atoms with van der Waals surface area (Å²) in [5, 5.41) is 35.3. The van der Waals surface area contributed by atoms with Gasteiger partial charge in [0.15, 0.2) is 34.6 Å². The molecule has 0 atom stereocenters. The summed E-state index contributed by atoms with van der Waals surface area (Å²) in [5.41, 5.74) is 15.3. The van der Waals surface area contributed by atoms with Gasteiger partial charge < -0.3 is 20.9 Å². The topological polar surface area (TPSA) is 264 Å². The number of azo groups is 2. The van der Waals surface area contributed by atoms with Gasteiger partial charge in [-0.25, -0.2) is 19.0 Å². The number of nitrogen functional groups attached to an aromatic ring is 2. The van der Waals surface area contributed by atoms with E-state index in [-0.39, 0.29) is 63.6 Å². The van der Waals surface area contributed by atoms with Crippen LogP contribution in [0.1, 0.15) is 97.2 Å². The lowest BCUT2D eigenvalue weighted by Gasteiger charge is -2.10. The quantitative estimate of drug-likeness (QED) is 0.105. The number of carbonyl (C=O) groups excluding carboxylic acids is 2. The molecular weight excluding hydrogens is 686 g/mol. The molecule has 0 aliphatic rings. The molecule has 5 heterocycles. The van der Waals surface area contributed by atoms with Gasteiger partial charge in [0.1, 0.15) is 17.0 Å². The minimum atomic E-state index is -0.607. The van der Waals surface area contributed by atoms with E-state index in [1.54, 1.807) is 14.1 Å². The third-order valence-electron chi connectivity index (χ3n) is 8.10. The van der Waals surface area contributed by atoms with Crippen LogP contribution < -0.4 is 11.5 Å². The molecule has 0 unspecified atom stereocenters. The highest BCUT2D eigenvalue weighted by atomic mass is 16.5. The van der Waals surface area contributed by atoms with E-state index in [9.17, 15) is 9.59 Å². The molecule has 5 aromatic heterocycles. The van der Waals surface area contributed by atoms with Gasteiger partial charge in [-0.05, 0) is 25.7 Å². The molecule has 0 aliphatic carbocycles. The average molecular weight is 730 g/mol. The number of anilines is 2. The Labute approximate surface area is 304 Å². The van der Waals surface area contributed by atoms with E-state index in [1.165, 1.54) is 45.3 Å². The zero-order valence-electron chi connectivity index (χ0n) is 31.0. The first-order valence-electron chi connectivity index (χ1n) is 17.0. The van der Waals surface area contributed by atoms with E-state index in [1.807, 2.05) is 13.8 Å². The van der Waals surface area contributed by atoms with E-state index in [0.29, 0.717) is 30.1 Å². The second-order valence-corrected chi connectivity index (χ2v) is 12.2. The third-order valence-corrected chi connectivity index (χ3v) is 8.10. The summed E-state index contributed by atoms with van der Waals surface area (Å²) in [4.78, 5) is 38.7. The van der Waals surface area contributed by atoms with E-state index in [4.69, 9.17) is 46.1 Å². The van der Waals surface area contributed by atoms with Crippen molar-refractivity contribution in [2.75, 3.05) is 25.7 Å². The van der Waals surface area contributed by atoms with Crippen molar-refractivity contribution >= 4 is 46.6 Å². The SMILES string of the molecule is CCCCc1nn(-c2nc(C(C)C)nc(-n3nc(CCCC)c(/N=N/c4c(C(=O)OC)cnn4C)c3N)n2)c(N)c1/N=N/c1c(C(=O)OC)cnn1C. The van der Waals surface area contributed by atoms with Crippen molar-refractivity contribution in [3.05, 3.63) is 40.7 Å². The van der Waals surface area contributed by atoms with Crippen LogP contribution in [0, 0.1) is 0 Å². The molecule has 0 saturated carbocycles. The van der Waals surface area contributed by atoms with Crippen molar-refractivity contribution in [1.29, 1.82) is 0 Å². The minimum Gasteiger partial charge on any atom is -0.465 e. The fourth-order valence-electron chi connectivity index (χ4n) is 5.11. The maximum atomic E-state index is 12.3. The molecule has 0 radical (unpaired) electrons. The number of aryl methyl sites for hydroxylation is 4. The van der Waals surface area contributed by atoms with Gasteiger partial charge in [0.2, 0.25) is 0 Å². The largest absolute Gasteiger partial charge is 0.465 e. The second-order valence-electron chi connectivity index (χ2n) is 12.2. The Bertz CT molecular complexity index is 2030. The molecule has 5 aromatic rings. The standard InChI is InChI=1S/C32H43N17O4/c1-9-11-13-20-22(40-42-27-18(29(50)52-7)15-35-46(27)5)24(33)48(44-20)31-37-26(17(3)4)38-32(39-31)49-25(34)23(21(45-49)14-12-10-2)41-43-28-19(30(51)53-8)16-36-47(28)6/h15-17H,9-14,33-34H2,1-8H3/b42-40+,43-41+. The zero-order valence-corrected chi connectivity index (χ0v) is 31.0. The maximum Gasteiger partial charge on any atom is 0.343 e. The molecule has 0 aliphatic heterocycles. The number of nitrogens with two attached hydrogens (primary N) is 2. The third kappa shape index (κ3) is 7.77. The summed E-state index contributed by atoms with van der Waals surface area (Å²) in [6.07, 6.45) is 7.11. The molecule has 0 fully saturated rings. The van der Waals surface area contributed by atoms with Crippen LogP contribution in [0.2, 0.25) is 0 Å². The molecular formula is C32H43N17O4.